The van der Waals surface area contributed by atoms with E-state index in [-0.39, 0.29) is 45.8 Å². The molecule has 0 unspecified atom stereocenters. The van der Waals surface area contributed by atoms with Crippen LogP contribution in [0, 0.1) is 6.92 Å². The van der Waals surface area contributed by atoms with Gasteiger partial charge in [-0.25, -0.2) is 0 Å². The summed E-state index contributed by atoms with van der Waals surface area (Å²) in [4.78, 5) is 77.1. The molecule has 0 aliphatic rings. The van der Waals surface area contributed by atoms with Crippen LogP contribution in [0.3, 0.4) is 0 Å². The fraction of sp³-hybridized carbons (Fsp3) is 0.353. The third kappa shape index (κ3) is 18.1. The third-order valence-corrected chi connectivity index (χ3v) is 7.05. The number of amides is 2. The van der Waals surface area contributed by atoms with Gasteiger partial charge in [0.15, 0.2) is 5.75 Å². The quantitative estimate of drug-likeness (QED) is 0.0722. The Bertz CT molecular complexity index is 1550. The summed E-state index contributed by atoms with van der Waals surface area (Å²) >= 11 is 0. The fourth-order valence-electron chi connectivity index (χ4n) is 4.63. The van der Waals surface area contributed by atoms with Crippen molar-refractivity contribution in [1.29, 1.82) is 0 Å². The molecule has 0 saturated carbocycles. The van der Waals surface area contributed by atoms with E-state index in [2.05, 4.69) is 60.2 Å². The van der Waals surface area contributed by atoms with Crippen LogP contribution in [0.5, 0.6) is 5.75 Å². The normalized spacial score (nSPS) is 10.8. The first kappa shape index (κ1) is 41.6. The molecule has 276 valence electrons. The zero-order valence-corrected chi connectivity index (χ0v) is 28.2. The minimum absolute atomic E-state index is 0.0358. The highest BCUT2D eigenvalue weighted by Crippen LogP contribution is 2.14. The number of benzene rings is 3. The summed E-state index contributed by atoms with van der Waals surface area (Å²) in [6.07, 6.45) is 0. The molecule has 0 aliphatic carbocycles. The fourth-order valence-corrected chi connectivity index (χ4v) is 4.63. The van der Waals surface area contributed by atoms with E-state index in [1.54, 1.807) is 29.2 Å². The summed E-state index contributed by atoms with van der Waals surface area (Å²) < 4.78 is 0. The first-order valence-electron chi connectivity index (χ1n) is 15.7. The lowest BCUT2D eigenvalue weighted by molar-refractivity contribution is -0.143. The van der Waals surface area contributed by atoms with E-state index < -0.39 is 61.9 Å². The highest BCUT2D eigenvalue weighted by molar-refractivity contribution is 5.83. The lowest BCUT2D eigenvalue weighted by atomic mass is 10.1. The van der Waals surface area contributed by atoms with Crippen LogP contribution in [0.25, 0.3) is 10.8 Å². The lowest BCUT2D eigenvalue weighted by Gasteiger charge is -2.28. The molecule has 0 saturated heterocycles. The summed E-state index contributed by atoms with van der Waals surface area (Å²) in [6, 6.07) is 21.3. The number of carboxylic acids is 4. The van der Waals surface area contributed by atoms with Gasteiger partial charge in [-0.3, -0.25) is 43.5 Å². The Hall–Kier alpha value is -5.62. The summed E-state index contributed by atoms with van der Waals surface area (Å²) in [5.41, 5.74) is 9.33. The van der Waals surface area contributed by atoms with Crippen LogP contribution < -0.4 is 21.4 Å². The Morgan fingerprint density at radius 1 is 0.627 bits per heavy atom. The SMILES string of the molecule is Cc1ccc2ccccc2c1.NCC(=O)NOc1ccc(CNC(=O)CN(CCN(CC(=O)O)CC(=O)O)CCN(CC(=O)O)CC(=O)O)cc1. The van der Waals surface area contributed by atoms with Gasteiger partial charge in [-0.15, -0.1) is 0 Å². The van der Waals surface area contributed by atoms with Crippen molar-refractivity contribution in [3.8, 4) is 5.75 Å². The first-order chi connectivity index (χ1) is 24.2. The van der Waals surface area contributed by atoms with Gasteiger partial charge in [-0.2, -0.15) is 5.48 Å². The number of carboxylic acid groups (broad SMARTS) is 4. The summed E-state index contributed by atoms with van der Waals surface area (Å²) in [6.45, 7) is -0.397. The molecule has 0 bridgehead atoms. The average Bonchev–Trinajstić information content (AvgIpc) is 3.06. The van der Waals surface area contributed by atoms with E-state index in [1.165, 1.54) is 16.3 Å². The van der Waals surface area contributed by atoms with Crippen molar-refractivity contribution in [2.24, 2.45) is 5.73 Å². The molecular weight excluding hydrogens is 668 g/mol. The first-order valence-corrected chi connectivity index (χ1v) is 15.7. The maximum atomic E-state index is 12.7. The van der Waals surface area contributed by atoms with Crippen LogP contribution in [-0.4, -0.2) is 136 Å². The van der Waals surface area contributed by atoms with Crippen LogP contribution in [0.15, 0.2) is 66.7 Å². The molecule has 17 heteroatoms. The van der Waals surface area contributed by atoms with Crippen LogP contribution in [0.2, 0.25) is 0 Å². The average molecular weight is 713 g/mol. The molecule has 0 fully saturated rings. The van der Waals surface area contributed by atoms with E-state index in [9.17, 15) is 28.8 Å². The number of nitrogens with two attached hydrogens (primary N) is 1. The van der Waals surface area contributed by atoms with E-state index in [0.29, 0.717) is 11.3 Å². The Labute approximate surface area is 294 Å². The Kier molecular flexibility index (Phi) is 18.1. The molecule has 0 aliphatic heterocycles. The highest BCUT2D eigenvalue weighted by atomic mass is 16.7. The van der Waals surface area contributed by atoms with Gasteiger partial charge >= 0.3 is 23.9 Å². The zero-order chi connectivity index (χ0) is 37.8. The molecule has 17 nitrogen and oxygen atoms in total. The molecule has 51 heavy (non-hydrogen) atoms. The molecule has 8 N–H and O–H groups in total. The second-order valence-electron chi connectivity index (χ2n) is 11.4. The number of rotatable bonds is 21. The molecule has 0 aromatic heterocycles. The van der Waals surface area contributed by atoms with Gasteiger partial charge in [-0.05, 0) is 35.4 Å². The number of fused-ring (bicyclic) bond motifs is 1. The van der Waals surface area contributed by atoms with Crippen molar-refractivity contribution in [3.63, 3.8) is 0 Å². The summed E-state index contributed by atoms with van der Waals surface area (Å²) in [7, 11) is 0. The highest BCUT2D eigenvalue weighted by Gasteiger charge is 2.19. The van der Waals surface area contributed by atoms with Crippen LogP contribution in [-0.2, 0) is 35.3 Å². The van der Waals surface area contributed by atoms with Crippen molar-refractivity contribution < 1.29 is 54.0 Å². The summed E-state index contributed by atoms with van der Waals surface area (Å²) in [5, 5.41) is 41.5. The molecule has 0 atom stereocenters. The van der Waals surface area contributed by atoms with Crippen molar-refractivity contribution in [3.05, 3.63) is 77.9 Å². The van der Waals surface area contributed by atoms with E-state index in [4.69, 9.17) is 31.0 Å². The second-order valence-corrected chi connectivity index (χ2v) is 11.4. The lowest BCUT2D eigenvalue weighted by Crippen LogP contribution is -2.47. The van der Waals surface area contributed by atoms with E-state index in [1.807, 2.05) is 0 Å². The van der Waals surface area contributed by atoms with E-state index in [0.717, 1.165) is 9.80 Å². The molecule has 0 radical (unpaired) electrons. The van der Waals surface area contributed by atoms with Gasteiger partial charge in [0.2, 0.25) is 5.91 Å². The molecule has 3 aromatic carbocycles. The van der Waals surface area contributed by atoms with Crippen LogP contribution in [0.4, 0.5) is 0 Å². The number of carbonyl (C=O) groups excluding carboxylic acids is 2. The van der Waals surface area contributed by atoms with Crippen LogP contribution in [0.1, 0.15) is 11.1 Å². The number of hydroxylamine groups is 1. The van der Waals surface area contributed by atoms with Crippen molar-refractivity contribution in [2.75, 3.05) is 65.4 Å². The van der Waals surface area contributed by atoms with Gasteiger partial charge in [-0.1, -0.05) is 60.2 Å². The number of nitrogens with zero attached hydrogens (tertiary/aromatic N) is 3. The van der Waals surface area contributed by atoms with Gasteiger partial charge < -0.3 is 36.3 Å². The van der Waals surface area contributed by atoms with E-state index >= 15 is 0 Å². The molecule has 0 heterocycles. The number of carbonyl (C=O) groups is 6. The molecule has 2 amide bonds. The smallest absolute Gasteiger partial charge is 0.317 e. The monoisotopic (exact) mass is 712 g/mol. The van der Waals surface area contributed by atoms with Gasteiger partial charge in [0, 0.05) is 32.7 Å². The standard InChI is InChI=1S/C23H34N6O11.C11H10/c24-9-18(30)26-40-17-3-1-16(2-4-17)10-25-19(31)11-27(5-7-28(12-20(32)33)13-21(34)35)6-8-29(14-22(36)37)15-23(38)39;1-9-6-7-10-4-2-3-5-11(10)8-9/h1-4H,5-15,24H2,(H,25,31)(H,26,30)(H,32,33)(H,34,35)(H,36,37)(H,38,39);2-8H,1H3. The Balaban J connectivity index is 0.000000682. The predicted octanol–water partition coefficient (Wildman–Crippen LogP) is 0.0641. The van der Waals surface area contributed by atoms with Gasteiger partial charge in [0.1, 0.15) is 0 Å². The maximum absolute atomic E-state index is 12.7. The van der Waals surface area contributed by atoms with Gasteiger partial charge in [0.25, 0.3) is 5.91 Å². The van der Waals surface area contributed by atoms with Crippen molar-refractivity contribution in [2.45, 2.75) is 13.5 Å². The Morgan fingerprint density at radius 2 is 1.12 bits per heavy atom. The Morgan fingerprint density at radius 3 is 1.61 bits per heavy atom. The molecule has 3 aromatic rings. The second kappa shape index (κ2) is 22.2. The van der Waals surface area contributed by atoms with Crippen molar-refractivity contribution in [1.82, 2.24) is 25.5 Å². The largest absolute Gasteiger partial charge is 0.480 e. The minimum atomic E-state index is -1.24. The topological polar surface area (TPSA) is 252 Å². The summed E-state index contributed by atoms with van der Waals surface area (Å²) in [5.74, 6) is -5.57. The molecular formula is C34H44N6O11. The number of aryl methyl sites for hydroxylation is 1. The minimum Gasteiger partial charge on any atom is -0.480 e. The number of aliphatic carboxylic acids is 4. The molecule has 3 rings (SSSR count). The third-order valence-electron chi connectivity index (χ3n) is 7.05. The van der Waals surface area contributed by atoms with Crippen molar-refractivity contribution >= 4 is 46.5 Å². The maximum Gasteiger partial charge on any atom is 0.317 e. The molecule has 0 spiro atoms. The zero-order valence-electron chi connectivity index (χ0n) is 28.2. The predicted molar refractivity (Wildman–Crippen MR) is 185 cm³/mol. The number of nitrogens with one attached hydrogen (secondary N) is 2. The van der Waals surface area contributed by atoms with Crippen LogP contribution >= 0.6 is 0 Å². The van der Waals surface area contributed by atoms with Gasteiger partial charge in [0.05, 0.1) is 39.3 Å². The number of hydrogen-bond donors (Lipinski definition) is 7. The number of hydrogen-bond acceptors (Lipinski definition) is 11.